The molecule has 0 radical (unpaired) electrons. The van der Waals surface area contributed by atoms with E-state index in [0.717, 1.165) is 6.54 Å². The molecule has 0 amide bonds. The highest BCUT2D eigenvalue weighted by Crippen LogP contribution is 2.13. The van der Waals surface area contributed by atoms with Gasteiger partial charge < -0.3 is 0 Å². The van der Waals surface area contributed by atoms with E-state index >= 15 is 0 Å². The van der Waals surface area contributed by atoms with Crippen LogP contribution in [0.5, 0.6) is 0 Å². The zero-order valence-electron chi connectivity index (χ0n) is 14.3. The highest BCUT2D eigenvalue weighted by Gasteiger charge is 1.95. The molecule has 2 nitrogen and oxygen atoms in total. The summed E-state index contributed by atoms with van der Waals surface area (Å²) in [6.07, 6.45) is 21.3. The van der Waals surface area contributed by atoms with E-state index in [2.05, 4.69) is 6.92 Å². The molecule has 0 spiro atoms. The molecule has 0 aliphatic heterocycles. The maximum Gasteiger partial charge on any atom is 0.0125 e. The van der Waals surface area contributed by atoms with E-state index < -0.39 is 0 Å². The Bertz CT molecular complexity index is 169. The Kier molecular flexibility index (Phi) is 16.9. The van der Waals surface area contributed by atoms with Gasteiger partial charge in [0.25, 0.3) is 0 Å². The molecule has 2 heteroatoms. The van der Waals surface area contributed by atoms with Gasteiger partial charge in [0.1, 0.15) is 0 Å². The van der Waals surface area contributed by atoms with Gasteiger partial charge >= 0.3 is 0 Å². The molecular weight excluding hydrogens is 244 g/mol. The molecule has 122 valence electrons. The molecule has 0 aromatic rings. The molecule has 0 bridgehead atoms. The smallest absolute Gasteiger partial charge is 0.0125 e. The minimum Gasteiger partial charge on any atom is -0.269 e. The lowest BCUT2D eigenvalue weighted by molar-refractivity contribution is 0.336. The zero-order valence-corrected chi connectivity index (χ0v) is 14.3. The summed E-state index contributed by atoms with van der Waals surface area (Å²) in [5, 5.41) is 1.79. The third-order valence-electron chi connectivity index (χ3n) is 4.11. The van der Waals surface area contributed by atoms with Gasteiger partial charge in [-0.2, -0.15) is 0 Å². The Morgan fingerprint density at radius 3 is 1.15 bits per heavy atom. The maximum absolute atomic E-state index is 5.58. The molecule has 0 saturated carbocycles. The summed E-state index contributed by atoms with van der Waals surface area (Å²) in [5.74, 6) is 5.58. The first-order valence-corrected chi connectivity index (χ1v) is 9.23. The van der Waals surface area contributed by atoms with Gasteiger partial charge in [-0.05, 0) is 6.42 Å². The van der Waals surface area contributed by atoms with E-state index in [1.165, 1.54) is 96.3 Å². The van der Waals surface area contributed by atoms with Gasteiger partial charge in [0.15, 0.2) is 0 Å². The summed E-state index contributed by atoms with van der Waals surface area (Å²) in [6, 6.07) is 0. The first-order chi connectivity index (χ1) is 9.77. The van der Waals surface area contributed by atoms with E-state index in [0.29, 0.717) is 0 Å². The maximum atomic E-state index is 5.58. The molecule has 0 rings (SSSR count). The van der Waals surface area contributed by atoms with Crippen LogP contribution in [0.25, 0.3) is 0 Å². The average molecular weight is 285 g/mol. The molecule has 0 heterocycles. The van der Waals surface area contributed by atoms with Crippen LogP contribution in [0.15, 0.2) is 0 Å². The van der Waals surface area contributed by atoms with Crippen LogP contribution < -0.4 is 5.84 Å². The van der Waals surface area contributed by atoms with E-state index in [1.807, 2.05) is 7.05 Å². The van der Waals surface area contributed by atoms with Crippen molar-refractivity contribution < 1.29 is 0 Å². The first kappa shape index (κ1) is 19.9. The largest absolute Gasteiger partial charge is 0.269 e. The third kappa shape index (κ3) is 17.9. The second-order valence-corrected chi connectivity index (χ2v) is 6.43. The molecular formula is C18H40N2. The van der Waals surface area contributed by atoms with Crippen LogP contribution in [-0.2, 0) is 0 Å². The summed E-state index contributed by atoms with van der Waals surface area (Å²) in [4.78, 5) is 0. The highest BCUT2D eigenvalue weighted by atomic mass is 15.4. The summed E-state index contributed by atoms with van der Waals surface area (Å²) in [5.41, 5.74) is 0. The molecule has 20 heavy (non-hydrogen) atoms. The fraction of sp³-hybridized carbons (Fsp3) is 1.00. The van der Waals surface area contributed by atoms with Crippen LogP contribution in [0.1, 0.15) is 103 Å². The van der Waals surface area contributed by atoms with Crippen molar-refractivity contribution >= 4 is 0 Å². The molecule has 0 aromatic heterocycles. The van der Waals surface area contributed by atoms with Crippen LogP contribution in [0, 0.1) is 0 Å². The number of rotatable bonds is 16. The predicted molar refractivity (Wildman–Crippen MR) is 91.7 cm³/mol. The number of nitrogens with two attached hydrogens (primary N) is 1. The van der Waals surface area contributed by atoms with Crippen LogP contribution in [0.2, 0.25) is 0 Å². The van der Waals surface area contributed by atoms with Gasteiger partial charge in [-0.1, -0.05) is 96.8 Å². The van der Waals surface area contributed by atoms with Gasteiger partial charge in [-0.3, -0.25) is 10.9 Å². The van der Waals surface area contributed by atoms with Crippen molar-refractivity contribution in [2.45, 2.75) is 103 Å². The molecule has 0 atom stereocenters. The van der Waals surface area contributed by atoms with E-state index in [-0.39, 0.29) is 0 Å². The van der Waals surface area contributed by atoms with Crippen molar-refractivity contribution in [1.82, 2.24) is 5.01 Å². The van der Waals surface area contributed by atoms with Crippen molar-refractivity contribution in [2.75, 3.05) is 13.6 Å². The van der Waals surface area contributed by atoms with Gasteiger partial charge in [-0.25, -0.2) is 0 Å². The van der Waals surface area contributed by atoms with Gasteiger partial charge in [-0.15, -0.1) is 0 Å². The number of unbranched alkanes of at least 4 members (excludes halogenated alkanes) is 14. The SMILES string of the molecule is CCCCCCCCCCCCCCCCCN(C)N. The van der Waals surface area contributed by atoms with E-state index in [9.17, 15) is 0 Å². The van der Waals surface area contributed by atoms with Crippen molar-refractivity contribution in [1.29, 1.82) is 0 Å². The second kappa shape index (κ2) is 17.0. The lowest BCUT2D eigenvalue weighted by Crippen LogP contribution is -2.26. The van der Waals surface area contributed by atoms with Crippen LogP contribution >= 0.6 is 0 Å². The minimum atomic E-state index is 1.04. The van der Waals surface area contributed by atoms with Crippen molar-refractivity contribution in [2.24, 2.45) is 5.84 Å². The lowest BCUT2D eigenvalue weighted by Gasteiger charge is -2.08. The summed E-state index contributed by atoms with van der Waals surface area (Å²) >= 11 is 0. The van der Waals surface area contributed by atoms with Crippen LogP contribution in [0.4, 0.5) is 0 Å². The van der Waals surface area contributed by atoms with Crippen molar-refractivity contribution in [3.05, 3.63) is 0 Å². The van der Waals surface area contributed by atoms with Crippen LogP contribution in [0.3, 0.4) is 0 Å². The number of hydrogen-bond donors (Lipinski definition) is 1. The normalized spacial score (nSPS) is 11.4. The summed E-state index contributed by atoms with van der Waals surface area (Å²) in [6.45, 7) is 3.33. The van der Waals surface area contributed by atoms with E-state index in [4.69, 9.17) is 5.84 Å². The van der Waals surface area contributed by atoms with Crippen molar-refractivity contribution in [3.63, 3.8) is 0 Å². The Labute approximate surface area is 128 Å². The Hall–Kier alpha value is -0.0800. The quantitative estimate of drug-likeness (QED) is 0.225. The van der Waals surface area contributed by atoms with Gasteiger partial charge in [0, 0.05) is 13.6 Å². The second-order valence-electron chi connectivity index (χ2n) is 6.43. The Balaban J connectivity index is 2.92. The molecule has 0 aliphatic rings. The summed E-state index contributed by atoms with van der Waals surface area (Å²) in [7, 11) is 1.95. The fourth-order valence-electron chi connectivity index (χ4n) is 2.73. The topological polar surface area (TPSA) is 29.3 Å². The van der Waals surface area contributed by atoms with E-state index in [1.54, 1.807) is 5.01 Å². The average Bonchev–Trinajstić information content (AvgIpc) is 2.43. The Morgan fingerprint density at radius 2 is 0.850 bits per heavy atom. The molecule has 0 saturated heterocycles. The van der Waals surface area contributed by atoms with Crippen molar-refractivity contribution in [3.8, 4) is 0 Å². The Morgan fingerprint density at radius 1 is 0.550 bits per heavy atom. The monoisotopic (exact) mass is 284 g/mol. The van der Waals surface area contributed by atoms with Crippen LogP contribution in [-0.4, -0.2) is 18.6 Å². The lowest BCUT2D eigenvalue weighted by atomic mass is 10.0. The van der Waals surface area contributed by atoms with Gasteiger partial charge in [0.05, 0.1) is 0 Å². The third-order valence-corrected chi connectivity index (χ3v) is 4.11. The molecule has 0 fully saturated rings. The number of nitrogens with zero attached hydrogens (tertiary/aromatic N) is 1. The molecule has 2 N–H and O–H groups in total. The van der Waals surface area contributed by atoms with Gasteiger partial charge in [0.2, 0.25) is 0 Å². The minimum absolute atomic E-state index is 1.04. The molecule has 0 unspecified atom stereocenters. The number of hydrogen-bond acceptors (Lipinski definition) is 2. The fourth-order valence-corrected chi connectivity index (χ4v) is 2.73. The summed E-state index contributed by atoms with van der Waals surface area (Å²) < 4.78 is 0. The predicted octanol–water partition coefficient (Wildman–Crippen LogP) is 5.66. The standard InChI is InChI=1S/C18H40N2/c1-3-4-5-6-7-8-9-10-11-12-13-14-15-16-17-18-20(2)19/h3-19H2,1-2H3. The zero-order chi connectivity index (χ0) is 14.9. The highest BCUT2D eigenvalue weighted by molar-refractivity contribution is 4.50. The first-order valence-electron chi connectivity index (χ1n) is 9.23. The molecule has 0 aromatic carbocycles. The number of hydrazine groups is 1. The molecule has 0 aliphatic carbocycles.